The van der Waals surface area contributed by atoms with Gasteiger partial charge in [-0.25, -0.2) is 18.4 Å². The van der Waals surface area contributed by atoms with E-state index >= 15 is 0 Å². The quantitative estimate of drug-likeness (QED) is 0.527. The first-order chi connectivity index (χ1) is 12.4. The molecule has 8 nitrogen and oxygen atoms in total. The number of rotatable bonds is 4. The highest BCUT2D eigenvalue weighted by molar-refractivity contribution is 7.92. The number of benzene rings is 2. The van der Waals surface area contributed by atoms with Gasteiger partial charge in [0.1, 0.15) is 0 Å². The second-order valence-corrected chi connectivity index (χ2v) is 6.75. The summed E-state index contributed by atoms with van der Waals surface area (Å²) in [5.41, 5.74) is 0.632. The molecule has 0 saturated carbocycles. The number of para-hydroxylation sites is 2. The Morgan fingerprint density at radius 2 is 1.65 bits per heavy atom. The molecule has 0 fully saturated rings. The molecule has 0 bridgehead atoms. The van der Waals surface area contributed by atoms with Crippen molar-refractivity contribution in [1.29, 1.82) is 0 Å². The van der Waals surface area contributed by atoms with Gasteiger partial charge in [-0.2, -0.15) is 0 Å². The molecule has 0 aliphatic carbocycles. The van der Waals surface area contributed by atoms with Crippen LogP contribution in [0, 0.1) is 10.1 Å². The fourth-order valence-electron chi connectivity index (χ4n) is 1.99. The van der Waals surface area contributed by atoms with Gasteiger partial charge >= 0.3 is 0 Å². The summed E-state index contributed by atoms with van der Waals surface area (Å²) >= 11 is 5.97. The number of nitrogens with zero attached hydrogens (tertiary/aromatic N) is 3. The predicted molar refractivity (Wildman–Crippen MR) is 99.8 cm³/mol. The number of nitro groups is 1. The summed E-state index contributed by atoms with van der Waals surface area (Å²) in [6.45, 7) is 4.00. The zero-order valence-corrected chi connectivity index (χ0v) is 15.5. The Morgan fingerprint density at radius 3 is 2.27 bits per heavy atom. The molecule has 136 valence electrons. The van der Waals surface area contributed by atoms with E-state index in [0.29, 0.717) is 11.0 Å². The first-order valence-electron chi connectivity index (χ1n) is 7.56. The van der Waals surface area contributed by atoms with Crippen LogP contribution in [0.5, 0.6) is 0 Å². The number of fused-ring (bicyclic) bond motifs is 1. The Morgan fingerprint density at radius 1 is 1.04 bits per heavy atom. The van der Waals surface area contributed by atoms with E-state index < -0.39 is 14.9 Å². The normalized spacial score (nSPS) is 10.7. The Balaban J connectivity index is 0.00000117. The van der Waals surface area contributed by atoms with E-state index in [1.54, 1.807) is 24.3 Å². The van der Waals surface area contributed by atoms with Crippen molar-refractivity contribution in [2.75, 3.05) is 4.72 Å². The van der Waals surface area contributed by atoms with Crippen molar-refractivity contribution >= 4 is 44.2 Å². The number of non-ortho nitro benzene ring substituents is 1. The lowest BCUT2D eigenvalue weighted by Crippen LogP contribution is -2.15. The van der Waals surface area contributed by atoms with Crippen molar-refractivity contribution < 1.29 is 13.3 Å². The van der Waals surface area contributed by atoms with Crippen LogP contribution in [0.4, 0.5) is 11.5 Å². The molecule has 0 aliphatic rings. The summed E-state index contributed by atoms with van der Waals surface area (Å²) in [5, 5.41) is 10.7. The smallest absolute Gasteiger partial charge is 0.261 e. The molecular formula is C16H15ClN4O4S. The fraction of sp³-hybridized carbons (Fsp3) is 0.125. The van der Waals surface area contributed by atoms with Crippen LogP contribution in [0.25, 0.3) is 11.0 Å². The van der Waals surface area contributed by atoms with Gasteiger partial charge in [-0.15, -0.1) is 0 Å². The van der Waals surface area contributed by atoms with E-state index in [2.05, 4.69) is 14.7 Å². The van der Waals surface area contributed by atoms with Gasteiger partial charge < -0.3 is 0 Å². The molecule has 0 radical (unpaired) electrons. The monoisotopic (exact) mass is 394 g/mol. The Hall–Kier alpha value is -2.78. The van der Waals surface area contributed by atoms with E-state index in [1.807, 2.05) is 13.8 Å². The van der Waals surface area contributed by atoms with Crippen molar-refractivity contribution in [3.05, 3.63) is 63.8 Å². The minimum Gasteiger partial charge on any atom is -0.261 e. The first kappa shape index (κ1) is 19.5. The molecule has 10 heteroatoms. The topological polar surface area (TPSA) is 115 Å². The lowest BCUT2D eigenvalue weighted by Gasteiger charge is -2.09. The van der Waals surface area contributed by atoms with Gasteiger partial charge in [0.25, 0.3) is 15.7 Å². The van der Waals surface area contributed by atoms with Gasteiger partial charge in [0, 0.05) is 12.1 Å². The van der Waals surface area contributed by atoms with Crippen LogP contribution in [0.1, 0.15) is 13.8 Å². The Labute approximate surface area is 155 Å². The second kappa shape index (κ2) is 8.07. The maximum absolute atomic E-state index is 12.4. The summed E-state index contributed by atoms with van der Waals surface area (Å²) in [6, 6.07) is 11.5. The molecule has 3 rings (SSSR count). The van der Waals surface area contributed by atoms with Crippen LogP contribution < -0.4 is 4.72 Å². The number of hydrogen-bond acceptors (Lipinski definition) is 6. The van der Waals surface area contributed by atoms with Crippen LogP contribution in [-0.2, 0) is 10.0 Å². The fourth-order valence-corrected chi connectivity index (χ4v) is 3.28. The van der Waals surface area contributed by atoms with E-state index in [4.69, 9.17) is 11.6 Å². The largest absolute Gasteiger partial charge is 0.270 e. The molecule has 0 aliphatic heterocycles. The lowest BCUT2D eigenvalue weighted by atomic mass is 10.3. The molecule has 1 aromatic heterocycles. The number of nitrogens with one attached hydrogen (secondary N) is 1. The van der Waals surface area contributed by atoms with Gasteiger partial charge in [-0.3, -0.25) is 14.8 Å². The molecule has 0 unspecified atom stereocenters. The highest BCUT2D eigenvalue weighted by atomic mass is 35.5. The van der Waals surface area contributed by atoms with Crippen molar-refractivity contribution in [2.45, 2.75) is 18.7 Å². The highest BCUT2D eigenvalue weighted by Crippen LogP contribution is 2.25. The third kappa shape index (κ3) is 4.24. The molecule has 0 saturated heterocycles. The third-order valence-electron chi connectivity index (χ3n) is 3.10. The second-order valence-electron chi connectivity index (χ2n) is 4.71. The van der Waals surface area contributed by atoms with Crippen molar-refractivity contribution in [1.82, 2.24) is 9.97 Å². The van der Waals surface area contributed by atoms with Crippen molar-refractivity contribution in [3.8, 4) is 0 Å². The van der Waals surface area contributed by atoms with E-state index in [0.717, 1.165) is 6.07 Å². The third-order valence-corrected chi connectivity index (χ3v) is 4.70. The zero-order chi connectivity index (χ0) is 19.3. The van der Waals surface area contributed by atoms with Crippen molar-refractivity contribution in [2.24, 2.45) is 0 Å². The Bertz CT molecular complexity index is 1060. The van der Waals surface area contributed by atoms with Crippen LogP contribution in [-0.4, -0.2) is 23.3 Å². The summed E-state index contributed by atoms with van der Waals surface area (Å²) < 4.78 is 27.0. The van der Waals surface area contributed by atoms with Crippen LogP contribution in [0.3, 0.4) is 0 Å². The molecule has 0 atom stereocenters. The van der Waals surface area contributed by atoms with Crippen LogP contribution >= 0.6 is 11.6 Å². The number of sulfonamides is 1. The maximum Gasteiger partial charge on any atom is 0.270 e. The van der Waals surface area contributed by atoms with Crippen molar-refractivity contribution in [3.63, 3.8) is 0 Å². The van der Waals surface area contributed by atoms with E-state index in [-0.39, 0.29) is 21.6 Å². The molecule has 26 heavy (non-hydrogen) atoms. The summed E-state index contributed by atoms with van der Waals surface area (Å²) in [4.78, 5) is 18.0. The van der Waals surface area contributed by atoms with Gasteiger partial charge in [0.2, 0.25) is 0 Å². The van der Waals surface area contributed by atoms with Gasteiger partial charge in [-0.05, 0) is 18.2 Å². The first-order valence-corrected chi connectivity index (χ1v) is 9.42. The predicted octanol–water partition coefficient (Wildman–Crippen LogP) is 4.02. The maximum atomic E-state index is 12.4. The highest BCUT2D eigenvalue weighted by Gasteiger charge is 2.20. The lowest BCUT2D eigenvalue weighted by molar-refractivity contribution is -0.385. The molecule has 1 heterocycles. The number of aromatic nitrogens is 2. The molecule has 1 N–H and O–H groups in total. The number of anilines is 1. The Kier molecular flexibility index (Phi) is 6.06. The minimum absolute atomic E-state index is 0.122. The van der Waals surface area contributed by atoms with Gasteiger partial charge in [-0.1, -0.05) is 43.6 Å². The van der Waals surface area contributed by atoms with E-state index in [1.165, 1.54) is 18.2 Å². The molecule has 0 spiro atoms. The van der Waals surface area contributed by atoms with Gasteiger partial charge in [0.15, 0.2) is 11.0 Å². The van der Waals surface area contributed by atoms with Gasteiger partial charge in [0.05, 0.1) is 20.9 Å². The average molecular weight is 395 g/mol. The number of nitro benzene ring substituents is 1. The SMILES string of the molecule is CC.O=[N+]([O-])c1cccc(S(=O)(=O)Nc2nc3ccccc3nc2Cl)c1. The number of halogens is 1. The van der Waals surface area contributed by atoms with Crippen LogP contribution in [0.2, 0.25) is 5.15 Å². The summed E-state index contributed by atoms with van der Waals surface area (Å²) in [7, 11) is -4.10. The van der Waals surface area contributed by atoms with Crippen LogP contribution in [0.15, 0.2) is 53.4 Å². The number of hydrogen-bond donors (Lipinski definition) is 1. The molecule has 3 aromatic rings. The van der Waals surface area contributed by atoms with E-state index in [9.17, 15) is 18.5 Å². The average Bonchev–Trinajstić information content (AvgIpc) is 2.64. The zero-order valence-electron chi connectivity index (χ0n) is 13.9. The summed E-state index contributed by atoms with van der Waals surface area (Å²) in [5.74, 6) is -0.151. The molecule has 0 amide bonds. The summed E-state index contributed by atoms with van der Waals surface area (Å²) in [6.07, 6.45) is 0. The molecular weight excluding hydrogens is 380 g/mol. The minimum atomic E-state index is -4.10. The standard InChI is InChI=1S/C14H9ClN4O4S.C2H6/c15-13-14(17-12-7-2-1-6-11(12)16-13)18-24(22,23)10-5-3-4-9(8-10)19(20)21;1-2/h1-8H,(H,17,18);1-2H3. The molecule has 2 aromatic carbocycles.